The van der Waals surface area contributed by atoms with E-state index < -0.39 is 11.8 Å². The molecular weight excluding hydrogens is 398 g/mol. The first-order chi connectivity index (χ1) is 15.0. The minimum atomic E-state index is -0.736. The van der Waals surface area contributed by atoms with Crippen molar-refractivity contribution in [1.82, 2.24) is 25.1 Å². The fourth-order valence-electron chi connectivity index (χ4n) is 3.94. The van der Waals surface area contributed by atoms with Crippen molar-refractivity contribution in [2.45, 2.75) is 32.7 Å². The summed E-state index contributed by atoms with van der Waals surface area (Å²) in [4.78, 5) is 36.0. The van der Waals surface area contributed by atoms with Gasteiger partial charge < -0.3 is 20.7 Å². The first-order valence-electron chi connectivity index (χ1n) is 10.3. The first kappa shape index (κ1) is 20.6. The zero-order valence-electron chi connectivity index (χ0n) is 17.5. The van der Waals surface area contributed by atoms with Crippen LogP contribution in [-0.4, -0.2) is 50.0 Å². The molecule has 1 fully saturated rings. The molecule has 31 heavy (non-hydrogen) atoms. The number of pyridine rings is 2. The monoisotopic (exact) mass is 423 g/mol. The topological polar surface area (TPSA) is 139 Å². The molecule has 0 aliphatic carbocycles. The lowest BCUT2D eigenvalue weighted by atomic mass is 9.90. The highest BCUT2D eigenvalue weighted by Gasteiger charge is 2.34. The fourth-order valence-corrected chi connectivity index (χ4v) is 3.94. The molecule has 0 aromatic carbocycles. The quantitative estimate of drug-likeness (QED) is 0.547. The van der Waals surface area contributed by atoms with Gasteiger partial charge in [-0.05, 0) is 37.3 Å². The molecule has 0 saturated carbocycles. The Hall–Kier alpha value is -3.69. The Kier molecular flexibility index (Phi) is 5.70. The Morgan fingerprint density at radius 1 is 1.32 bits per heavy atom. The van der Waals surface area contributed by atoms with Gasteiger partial charge in [0.25, 0.3) is 0 Å². The van der Waals surface area contributed by atoms with Crippen molar-refractivity contribution >= 4 is 34.2 Å². The van der Waals surface area contributed by atoms with Gasteiger partial charge in [-0.15, -0.1) is 0 Å². The van der Waals surface area contributed by atoms with E-state index in [-0.39, 0.29) is 6.04 Å². The third kappa shape index (κ3) is 4.14. The van der Waals surface area contributed by atoms with E-state index in [4.69, 9.17) is 10.5 Å². The number of nitrogens with zero attached hydrogens (tertiary/aromatic N) is 4. The second kappa shape index (κ2) is 8.58. The summed E-state index contributed by atoms with van der Waals surface area (Å²) >= 11 is 0. The Bertz CT molecular complexity index is 1110. The van der Waals surface area contributed by atoms with Crippen LogP contribution < -0.4 is 15.8 Å². The first-order valence-corrected chi connectivity index (χ1v) is 10.3. The molecule has 2 atom stereocenters. The minimum absolute atomic E-state index is 0.228. The van der Waals surface area contributed by atoms with Gasteiger partial charge in [-0.3, -0.25) is 14.7 Å². The van der Waals surface area contributed by atoms with E-state index in [0.29, 0.717) is 47.4 Å². The lowest BCUT2D eigenvalue weighted by Crippen LogP contribution is -2.46. The van der Waals surface area contributed by atoms with Crippen LogP contribution in [-0.2, 0) is 9.59 Å². The SMILES string of the molecule is CCOc1cc([C@@H]2CC[C@H](C)CN2C(=O)C(=O)Nc2cnc(N)c3cn[nH]c23)ccn1. The Labute approximate surface area is 179 Å². The summed E-state index contributed by atoms with van der Waals surface area (Å²) < 4.78 is 5.50. The molecule has 10 heteroatoms. The van der Waals surface area contributed by atoms with Crippen molar-refractivity contribution < 1.29 is 14.3 Å². The number of aromatic nitrogens is 4. The maximum Gasteiger partial charge on any atom is 0.314 e. The predicted octanol–water partition coefficient (Wildman–Crippen LogP) is 2.27. The summed E-state index contributed by atoms with van der Waals surface area (Å²) in [5.74, 6) is -0.249. The van der Waals surface area contributed by atoms with Gasteiger partial charge in [0.15, 0.2) is 0 Å². The van der Waals surface area contributed by atoms with Crippen LogP contribution in [0.3, 0.4) is 0 Å². The van der Waals surface area contributed by atoms with E-state index in [2.05, 4.69) is 32.4 Å². The molecule has 0 spiro atoms. The average Bonchev–Trinajstić information content (AvgIpc) is 3.27. The van der Waals surface area contributed by atoms with Crippen molar-refractivity contribution in [1.29, 1.82) is 0 Å². The molecule has 4 N–H and O–H groups in total. The number of amides is 2. The van der Waals surface area contributed by atoms with Crippen molar-refractivity contribution in [2.24, 2.45) is 5.92 Å². The molecule has 4 heterocycles. The van der Waals surface area contributed by atoms with E-state index in [9.17, 15) is 9.59 Å². The highest BCUT2D eigenvalue weighted by Crippen LogP contribution is 2.34. The van der Waals surface area contributed by atoms with E-state index in [1.54, 1.807) is 11.1 Å². The van der Waals surface area contributed by atoms with Crippen LogP contribution >= 0.6 is 0 Å². The lowest BCUT2D eigenvalue weighted by molar-refractivity contribution is -0.146. The Balaban J connectivity index is 1.58. The van der Waals surface area contributed by atoms with Crippen LogP contribution in [0.4, 0.5) is 11.5 Å². The second-order valence-electron chi connectivity index (χ2n) is 7.69. The number of nitrogens with one attached hydrogen (secondary N) is 2. The van der Waals surface area contributed by atoms with Crippen molar-refractivity contribution in [3.05, 3.63) is 36.3 Å². The molecule has 1 aliphatic heterocycles. The molecule has 0 bridgehead atoms. The van der Waals surface area contributed by atoms with Gasteiger partial charge in [0.2, 0.25) is 5.88 Å². The summed E-state index contributed by atoms with van der Waals surface area (Å²) in [6.45, 7) is 4.95. The van der Waals surface area contributed by atoms with Gasteiger partial charge >= 0.3 is 11.8 Å². The number of aromatic amines is 1. The van der Waals surface area contributed by atoms with Crippen LogP contribution in [0.25, 0.3) is 10.9 Å². The number of ether oxygens (including phenoxy) is 1. The summed E-state index contributed by atoms with van der Waals surface area (Å²) in [5, 5.41) is 9.96. The minimum Gasteiger partial charge on any atom is -0.478 e. The van der Waals surface area contributed by atoms with Gasteiger partial charge in [-0.2, -0.15) is 5.10 Å². The summed E-state index contributed by atoms with van der Waals surface area (Å²) in [6, 6.07) is 3.47. The molecule has 4 rings (SSSR count). The number of H-pyrrole nitrogens is 1. The highest BCUT2D eigenvalue weighted by molar-refractivity contribution is 6.40. The number of anilines is 2. The molecule has 10 nitrogen and oxygen atoms in total. The fraction of sp³-hybridized carbons (Fsp3) is 0.381. The van der Waals surface area contributed by atoms with Crippen molar-refractivity contribution in [2.75, 3.05) is 24.2 Å². The number of hydrogen-bond acceptors (Lipinski definition) is 7. The Morgan fingerprint density at radius 2 is 2.16 bits per heavy atom. The zero-order chi connectivity index (χ0) is 22.0. The van der Waals surface area contributed by atoms with Gasteiger partial charge in [0.1, 0.15) is 5.82 Å². The van der Waals surface area contributed by atoms with Crippen molar-refractivity contribution in [3.63, 3.8) is 0 Å². The lowest BCUT2D eigenvalue weighted by Gasteiger charge is -2.38. The van der Waals surface area contributed by atoms with Crippen LogP contribution in [0.5, 0.6) is 5.88 Å². The number of piperidine rings is 1. The molecule has 162 valence electrons. The van der Waals surface area contributed by atoms with E-state index in [1.807, 2.05) is 19.1 Å². The highest BCUT2D eigenvalue weighted by atomic mass is 16.5. The molecule has 0 unspecified atom stereocenters. The van der Waals surface area contributed by atoms with E-state index in [0.717, 1.165) is 18.4 Å². The van der Waals surface area contributed by atoms with Crippen LogP contribution in [0, 0.1) is 5.92 Å². The number of nitrogens with two attached hydrogens (primary N) is 1. The van der Waals surface area contributed by atoms with E-state index in [1.165, 1.54) is 12.4 Å². The third-order valence-corrected chi connectivity index (χ3v) is 5.47. The molecule has 3 aromatic rings. The van der Waals surface area contributed by atoms with Crippen LogP contribution in [0.1, 0.15) is 38.3 Å². The number of carbonyl (C=O) groups excluding carboxylic acids is 2. The van der Waals surface area contributed by atoms with Gasteiger partial charge in [-0.25, -0.2) is 9.97 Å². The number of nitrogen functional groups attached to an aromatic ring is 1. The Morgan fingerprint density at radius 3 is 2.97 bits per heavy atom. The normalized spacial score (nSPS) is 18.7. The molecule has 3 aromatic heterocycles. The molecule has 1 aliphatic rings. The van der Waals surface area contributed by atoms with Gasteiger partial charge in [0.05, 0.1) is 41.6 Å². The smallest absolute Gasteiger partial charge is 0.314 e. The van der Waals surface area contributed by atoms with Crippen LogP contribution in [0.15, 0.2) is 30.7 Å². The number of rotatable bonds is 4. The summed E-state index contributed by atoms with van der Waals surface area (Å²) in [5.41, 5.74) is 7.61. The largest absolute Gasteiger partial charge is 0.478 e. The average molecular weight is 423 g/mol. The third-order valence-electron chi connectivity index (χ3n) is 5.47. The zero-order valence-corrected chi connectivity index (χ0v) is 17.5. The van der Waals surface area contributed by atoms with Gasteiger partial charge in [-0.1, -0.05) is 6.92 Å². The predicted molar refractivity (Wildman–Crippen MR) is 115 cm³/mol. The van der Waals surface area contributed by atoms with Gasteiger partial charge in [0, 0.05) is 18.8 Å². The number of fused-ring (bicyclic) bond motifs is 1. The maximum absolute atomic E-state index is 13.2. The summed E-state index contributed by atoms with van der Waals surface area (Å²) in [7, 11) is 0. The van der Waals surface area contributed by atoms with E-state index >= 15 is 0 Å². The number of hydrogen-bond donors (Lipinski definition) is 3. The summed E-state index contributed by atoms with van der Waals surface area (Å²) in [6.07, 6.45) is 6.31. The number of likely N-dealkylation sites (tertiary alicyclic amines) is 1. The number of carbonyl (C=O) groups is 2. The maximum atomic E-state index is 13.2. The molecule has 2 amide bonds. The molecule has 1 saturated heterocycles. The molecule has 0 radical (unpaired) electrons. The molecular formula is C21H25N7O3. The van der Waals surface area contributed by atoms with Crippen molar-refractivity contribution in [3.8, 4) is 5.88 Å². The second-order valence-corrected chi connectivity index (χ2v) is 7.69. The standard InChI is InChI=1S/C21H25N7O3/c1-3-31-17-8-13(6-7-23-17)16-5-4-12(2)11-28(16)21(30)20(29)26-15-10-24-19(22)14-9-25-27-18(14)15/h6-10,12,16H,3-5,11H2,1-2H3,(H2,22,24)(H,25,27)(H,26,29)/t12-,16-/m0/s1. The van der Waals surface area contributed by atoms with Crippen LogP contribution in [0.2, 0.25) is 0 Å².